The molecule has 3 N–H and O–H groups in total. The molecule has 0 unspecified atom stereocenters. The Morgan fingerprint density at radius 1 is 1.35 bits per heavy atom. The Morgan fingerprint density at radius 2 is 2.05 bits per heavy atom. The van der Waals surface area contributed by atoms with E-state index in [0.29, 0.717) is 22.0 Å². The maximum Gasteiger partial charge on any atom is 0.321 e. The largest absolute Gasteiger partial charge is 0.495 e. The highest BCUT2D eigenvalue weighted by Crippen LogP contribution is 2.26. The highest BCUT2D eigenvalue weighted by atomic mass is 32.1. The fraction of sp³-hybridized carbons (Fsp3) is 0.429. The number of urea groups is 1. The highest BCUT2D eigenvalue weighted by molar-refractivity contribution is 7.80. The molecule has 5 nitrogen and oxygen atoms in total. The zero-order chi connectivity index (χ0) is 14.5. The lowest BCUT2D eigenvalue weighted by Crippen LogP contribution is -2.38. The molecule has 0 saturated carbocycles. The van der Waals surface area contributed by atoms with Crippen molar-refractivity contribution in [2.24, 2.45) is 5.73 Å². The van der Waals surface area contributed by atoms with Crippen molar-refractivity contribution in [1.29, 1.82) is 0 Å². The lowest BCUT2D eigenvalue weighted by atomic mass is 10.1. The van der Waals surface area contributed by atoms with Crippen LogP contribution in [0.2, 0.25) is 0 Å². The summed E-state index contributed by atoms with van der Waals surface area (Å²) >= 11 is 4.93. The molecule has 1 aromatic rings. The number of benzene rings is 1. The van der Waals surface area contributed by atoms with Crippen LogP contribution in [0, 0.1) is 0 Å². The predicted molar refractivity (Wildman–Crippen MR) is 83.3 cm³/mol. The number of hydrogen-bond acceptors (Lipinski definition) is 3. The molecule has 6 heteroatoms. The topological polar surface area (TPSA) is 67.6 Å². The van der Waals surface area contributed by atoms with E-state index in [1.54, 1.807) is 25.3 Å². The normalized spacial score (nSPS) is 14.8. The molecule has 108 valence electrons. The Labute approximate surface area is 124 Å². The predicted octanol–water partition coefficient (Wildman–Crippen LogP) is 2.35. The number of anilines is 1. The third-order valence-electron chi connectivity index (χ3n) is 3.37. The van der Waals surface area contributed by atoms with Gasteiger partial charge in [-0.1, -0.05) is 12.2 Å². The summed E-state index contributed by atoms with van der Waals surface area (Å²) in [6, 6.07) is 5.17. The molecular formula is C14H19N3O2S. The van der Waals surface area contributed by atoms with Gasteiger partial charge in [0.15, 0.2) is 0 Å². The van der Waals surface area contributed by atoms with Crippen molar-refractivity contribution in [3.05, 3.63) is 23.8 Å². The Bertz CT molecular complexity index is 513. The second-order valence-electron chi connectivity index (χ2n) is 4.76. The molecule has 1 aliphatic heterocycles. The minimum absolute atomic E-state index is 0.0916. The number of ether oxygens (including phenoxy) is 1. The van der Waals surface area contributed by atoms with Crippen LogP contribution in [-0.2, 0) is 0 Å². The lowest BCUT2D eigenvalue weighted by molar-refractivity contribution is 0.200. The van der Waals surface area contributed by atoms with E-state index in [1.807, 2.05) is 4.90 Å². The molecule has 0 bridgehead atoms. The van der Waals surface area contributed by atoms with Gasteiger partial charge in [0.25, 0.3) is 0 Å². The van der Waals surface area contributed by atoms with Gasteiger partial charge in [0, 0.05) is 18.7 Å². The maximum atomic E-state index is 12.2. The summed E-state index contributed by atoms with van der Waals surface area (Å²) in [5, 5.41) is 2.88. The van der Waals surface area contributed by atoms with Crippen molar-refractivity contribution in [1.82, 2.24) is 4.90 Å². The fourth-order valence-corrected chi connectivity index (χ4v) is 2.37. The van der Waals surface area contributed by atoms with E-state index in [9.17, 15) is 4.79 Å². The van der Waals surface area contributed by atoms with Crippen LogP contribution in [0.25, 0.3) is 0 Å². The fourth-order valence-electron chi connectivity index (χ4n) is 2.24. The summed E-state index contributed by atoms with van der Waals surface area (Å²) < 4.78 is 5.28. The van der Waals surface area contributed by atoms with Crippen LogP contribution in [0.5, 0.6) is 5.75 Å². The van der Waals surface area contributed by atoms with E-state index in [0.717, 1.165) is 25.9 Å². The summed E-state index contributed by atoms with van der Waals surface area (Å²) in [6.45, 7) is 1.61. The number of nitrogens with zero attached hydrogens (tertiary/aromatic N) is 1. The third-order valence-corrected chi connectivity index (χ3v) is 3.61. The molecule has 1 fully saturated rings. The van der Waals surface area contributed by atoms with E-state index in [4.69, 9.17) is 22.7 Å². The van der Waals surface area contributed by atoms with Crippen LogP contribution in [-0.4, -0.2) is 36.1 Å². The summed E-state index contributed by atoms with van der Waals surface area (Å²) in [7, 11) is 1.55. The monoisotopic (exact) mass is 293 g/mol. The minimum Gasteiger partial charge on any atom is -0.495 e. The zero-order valence-corrected chi connectivity index (χ0v) is 12.3. The van der Waals surface area contributed by atoms with Crippen molar-refractivity contribution >= 4 is 28.9 Å². The number of likely N-dealkylation sites (tertiary alicyclic amines) is 1. The van der Waals surface area contributed by atoms with E-state index in [2.05, 4.69) is 5.32 Å². The Kier molecular flexibility index (Phi) is 4.79. The Balaban J connectivity index is 2.11. The van der Waals surface area contributed by atoms with E-state index in [1.165, 1.54) is 6.42 Å². The van der Waals surface area contributed by atoms with Crippen molar-refractivity contribution in [2.75, 3.05) is 25.5 Å². The average Bonchev–Trinajstić information content (AvgIpc) is 2.48. The van der Waals surface area contributed by atoms with Gasteiger partial charge >= 0.3 is 6.03 Å². The molecule has 1 aromatic carbocycles. The van der Waals surface area contributed by atoms with Gasteiger partial charge in [-0.25, -0.2) is 4.79 Å². The number of methoxy groups -OCH3 is 1. The van der Waals surface area contributed by atoms with Gasteiger partial charge in [-0.3, -0.25) is 0 Å². The van der Waals surface area contributed by atoms with Crippen molar-refractivity contribution < 1.29 is 9.53 Å². The first kappa shape index (κ1) is 14.6. The van der Waals surface area contributed by atoms with Crippen LogP contribution in [0.3, 0.4) is 0 Å². The van der Waals surface area contributed by atoms with Gasteiger partial charge in [0.2, 0.25) is 0 Å². The number of nitrogens with two attached hydrogens (primary N) is 1. The molecule has 0 aliphatic carbocycles. The van der Waals surface area contributed by atoms with Gasteiger partial charge in [-0.2, -0.15) is 0 Å². The minimum atomic E-state index is -0.0916. The number of nitrogens with one attached hydrogen (secondary N) is 1. The Morgan fingerprint density at radius 3 is 2.65 bits per heavy atom. The summed E-state index contributed by atoms with van der Waals surface area (Å²) in [4.78, 5) is 14.3. The first-order valence-electron chi connectivity index (χ1n) is 6.65. The molecule has 0 aromatic heterocycles. The number of thiocarbonyl (C=S) groups is 1. The smallest absolute Gasteiger partial charge is 0.321 e. The van der Waals surface area contributed by atoms with Gasteiger partial charge < -0.3 is 20.7 Å². The van der Waals surface area contributed by atoms with Crippen LogP contribution in [0.1, 0.15) is 24.8 Å². The molecule has 0 radical (unpaired) electrons. The molecular weight excluding hydrogens is 274 g/mol. The molecule has 2 amide bonds. The summed E-state index contributed by atoms with van der Waals surface area (Å²) in [6.07, 6.45) is 3.31. The third kappa shape index (κ3) is 3.39. The van der Waals surface area contributed by atoms with Gasteiger partial charge in [0.1, 0.15) is 10.7 Å². The first-order valence-corrected chi connectivity index (χ1v) is 7.06. The van der Waals surface area contributed by atoms with E-state index < -0.39 is 0 Å². The van der Waals surface area contributed by atoms with Crippen molar-refractivity contribution in [3.63, 3.8) is 0 Å². The number of piperidine rings is 1. The van der Waals surface area contributed by atoms with Crippen LogP contribution in [0.15, 0.2) is 18.2 Å². The highest BCUT2D eigenvalue weighted by Gasteiger charge is 2.17. The van der Waals surface area contributed by atoms with E-state index >= 15 is 0 Å². The number of rotatable bonds is 3. The van der Waals surface area contributed by atoms with Crippen LogP contribution >= 0.6 is 12.2 Å². The second kappa shape index (κ2) is 6.56. The quantitative estimate of drug-likeness (QED) is 0.839. The number of hydrogen-bond donors (Lipinski definition) is 2. The summed E-state index contributed by atoms with van der Waals surface area (Å²) in [5.74, 6) is 0.556. The number of carbonyl (C=O) groups is 1. The molecule has 1 heterocycles. The van der Waals surface area contributed by atoms with Crippen molar-refractivity contribution in [3.8, 4) is 5.75 Å². The molecule has 20 heavy (non-hydrogen) atoms. The molecule has 2 rings (SSSR count). The maximum absolute atomic E-state index is 12.2. The van der Waals surface area contributed by atoms with Gasteiger partial charge in [0.05, 0.1) is 12.8 Å². The van der Waals surface area contributed by atoms with Gasteiger partial charge in [-0.05, 0) is 37.5 Å². The molecule has 0 atom stereocenters. The van der Waals surface area contributed by atoms with Crippen LogP contribution in [0.4, 0.5) is 10.5 Å². The summed E-state index contributed by atoms with van der Waals surface area (Å²) in [5.41, 5.74) is 6.93. The Hall–Kier alpha value is -1.82. The van der Waals surface area contributed by atoms with Gasteiger partial charge in [-0.15, -0.1) is 0 Å². The SMILES string of the molecule is COc1cc(C(N)=S)ccc1NC(=O)N1CCCCC1. The van der Waals surface area contributed by atoms with Crippen LogP contribution < -0.4 is 15.8 Å². The zero-order valence-electron chi connectivity index (χ0n) is 11.5. The number of carbonyl (C=O) groups excluding carboxylic acids is 1. The molecule has 1 saturated heterocycles. The molecule has 0 spiro atoms. The van der Waals surface area contributed by atoms with Crippen molar-refractivity contribution in [2.45, 2.75) is 19.3 Å². The van der Waals surface area contributed by atoms with E-state index in [-0.39, 0.29) is 6.03 Å². The second-order valence-corrected chi connectivity index (χ2v) is 5.20. The lowest BCUT2D eigenvalue weighted by Gasteiger charge is -2.27. The average molecular weight is 293 g/mol. The molecule has 1 aliphatic rings. The first-order chi connectivity index (χ1) is 9.61. The standard InChI is InChI=1S/C14H19N3O2S/c1-19-12-9-10(13(15)20)5-6-11(12)16-14(18)17-7-3-2-4-8-17/h5-6,9H,2-4,7-8H2,1H3,(H2,15,20)(H,16,18). The number of amides is 2.